The predicted octanol–water partition coefficient (Wildman–Crippen LogP) is 7.20. The number of carbonyl (C=O) groups is 1. The van der Waals surface area contributed by atoms with Gasteiger partial charge in [0.05, 0.1) is 12.8 Å². The summed E-state index contributed by atoms with van der Waals surface area (Å²) < 4.78 is 8.72. The summed E-state index contributed by atoms with van der Waals surface area (Å²) in [6.45, 7) is 0.378. The van der Waals surface area contributed by atoms with Gasteiger partial charge in [-0.1, -0.05) is 65.7 Å². The van der Waals surface area contributed by atoms with Crippen molar-refractivity contribution in [3.05, 3.63) is 100 Å². The monoisotopic (exact) mass is 482 g/mol. The van der Waals surface area contributed by atoms with E-state index in [-0.39, 0.29) is 5.91 Å². The van der Waals surface area contributed by atoms with E-state index in [4.69, 9.17) is 27.9 Å². The number of hydrogen-bond donors (Lipinski definition) is 2. The number of nitrogens with one attached hydrogen (secondary N) is 2. The second kappa shape index (κ2) is 10.2. The number of amides is 1. The normalized spacial score (nSPS) is 10.7. The molecule has 0 aromatic heterocycles. The first-order chi connectivity index (χ1) is 15.5. The zero-order chi connectivity index (χ0) is 22.5. The number of halogens is 2. The van der Waals surface area contributed by atoms with E-state index in [0.717, 1.165) is 32.7 Å². The molecule has 0 heterocycles. The molecular weight excluding hydrogens is 463 g/mol. The van der Waals surface area contributed by atoms with Crippen LogP contribution in [0.25, 0.3) is 10.8 Å². The lowest BCUT2D eigenvalue weighted by Crippen LogP contribution is -2.23. The lowest BCUT2D eigenvalue weighted by Gasteiger charge is -2.13. The van der Waals surface area contributed by atoms with Crippen molar-refractivity contribution in [2.24, 2.45) is 0 Å². The van der Waals surface area contributed by atoms with Crippen molar-refractivity contribution in [2.75, 3.05) is 11.8 Å². The number of anilines is 1. The van der Waals surface area contributed by atoms with E-state index in [1.54, 1.807) is 13.2 Å². The van der Waals surface area contributed by atoms with Gasteiger partial charge in [0.1, 0.15) is 5.75 Å². The highest BCUT2D eigenvalue weighted by atomic mass is 35.5. The number of methoxy groups -OCH3 is 1. The molecule has 0 fully saturated rings. The Labute approximate surface area is 201 Å². The fourth-order valence-corrected chi connectivity index (χ4v) is 4.85. The summed E-state index contributed by atoms with van der Waals surface area (Å²) in [5.74, 6) is 0.600. The number of para-hydroxylation sites is 1. The molecule has 0 saturated heterocycles. The molecule has 1 amide bonds. The minimum atomic E-state index is -0.145. The average molecular weight is 483 g/mol. The Kier molecular flexibility index (Phi) is 7.10. The standard InChI is InChI=1S/C25H20Cl2N2O2S/c1-31-24-11-3-2-6-16(24)15-28-25(30)22-9-4-8-21-20(22)7-5-10-23(21)29-32-19-13-17(26)12-18(27)14-19/h2-14,29H,15H2,1H3,(H,28,30). The van der Waals surface area contributed by atoms with Gasteiger partial charge in [0, 0.05) is 38.0 Å². The van der Waals surface area contributed by atoms with Crippen molar-refractivity contribution >= 4 is 57.5 Å². The summed E-state index contributed by atoms with van der Waals surface area (Å²) in [5.41, 5.74) is 2.42. The molecule has 0 saturated carbocycles. The van der Waals surface area contributed by atoms with Crippen molar-refractivity contribution < 1.29 is 9.53 Å². The summed E-state index contributed by atoms with van der Waals surface area (Å²) >= 11 is 13.6. The number of carbonyl (C=O) groups excluding carboxylic acids is 1. The first kappa shape index (κ1) is 22.3. The molecule has 32 heavy (non-hydrogen) atoms. The van der Waals surface area contributed by atoms with Gasteiger partial charge >= 0.3 is 0 Å². The van der Waals surface area contributed by atoms with Crippen LogP contribution < -0.4 is 14.8 Å². The maximum atomic E-state index is 13.0. The molecule has 4 nitrogen and oxygen atoms in total. The Balaban J connectivity index is 1.55. The molecule has 0 spiro atoms. The third-order valence-corrected chi connectivity index (χ3v) is 6.14. The fraction of sp³-hybridized carbons (Fsp3) is 0.0800. The van der Waals surface area contributed by atoms with Crippen LogP contribution in [0.15, 0.2) is 83.8 Å². The summed E-state index contributed by atoms with van der Waals surface area (Å²) in [5, 5.41) is 5.96. The van der Waals surface area contributed by atoms with Crippen LogP contribution >= 0.6 is 35.1 Å². The van der Waals surface area contributed by atoms with Crippen LogP contribution in [0, 0.1) is 0 Å². The second-order valence-corrected chi connectivity index (χ2v) is 8.76. The molecule has 0 aliphatic rings. The Morgan fingerprint density at radius 2 is 1.62 bits per heavy atom. The van der Waals surface area contributed by atoms with Gasteiger partial charge in [0.25, 0.3) is 5.91 Å². The highest BCUT2D eigenvalue weighted by Gasteiger charge is 2.13. The number of hydrogen-bond acceptors (Lipinski definition) is 4. The molecular formula is C25H20Cl2N2O2S. The van der Waals surface area contributed by atoms with E-state index < -0.39 is 0 Å². The molecule has 0 radical (unpaired) electrons. The van der Waals surface area contributed by atoms with Crippen LogP contribution in [0.2, 0.25) is 10.0 Å². The quantitative estimate of drug-likeness (QED) is 0.273. The van der Waals surface area contributed by atoms with Crippen LogP contribution in [0.1, 0.15) is 15.9 Å². The maximum absolute atomic E-state index is 13.0. The minimum Gasteiger partial charge on any atom is -0.496 e. The van der Waals surface area contributed by atoms with E-state index in [1.165, 1.54) is 11.9 Å². The Morgan fingerprint density at radius 1 is 0.906 bits per heavy atom. The summed E-state index contributed by atoms with van der Waals surface area (Å²) in [6.07, 6.45) is 0. The van der Waals surface area contributed by atoms with Crippen LogP contribution in [0.5, 0.6) is 5.75 Å². The SMILES string of the molecule is COc1ccccc1CNC(=O)c1cccc2c(NSc3cc(Cl)cc(Cl)c3)cccc12. The highest BCUT2D eigenvalue weighted by Crippen LogP contribution is 2.32. The van der Waals surface area contributed by atoms with Crippen molar-refractivity contribution in [1.82, 2.24) is 5.32 Å². The Bertz CT molecular complexity index is 1260. The highest BCUT2D eigenvalue weighted by molar-refractivity contribution is 8.00. The molecule has 4 rings (SSSR count). The van der Waals surface area contributed by atoms with Gasteiger partial charge in [-0.3, -0.25) is 4.79 Å². The molecule has 0 unspecified atom stereocenters. The molecule has 0 aliphatic heterocycles. The lowest BCUT2D eigenvalue weighted by atomic mass is 10.0. The number of benzene rings is 4. The van der Waals surface area contributed by atoms with E-state index in [0.29, 0.717) is 22.2 Å². The van der Waals surface area contributed by atoms with Crippen molar-refractivity contribution in [3.8, 4) is 5.75 Å². The molecule has 2 N–H and O–H groups in total. The van der Waals surface area contributed by atoms with Crippen molar-refractivity contribution in [2.45, 2.75) is 11.4 Å². The van der Waals surface area contributed by atoms with E-state index in [2.05, 4.69) is 10.0 Å². The van der Waals surface area contributed by atoms with Crippen LogP contribution in [-0.2, 0) is 6.54 Å². The van der Waals surface area contributed by atoms with Crippen molar-refractivity contribution in [3.63, 3.8) is 0 Å². The minimum absolute atomic E-state index is 0.145. The summed E-state index contributed by atoms with van der Waals surface area (Å²) in [7, 11) is 1.62. The zero-order valence-corrected chi connectivity index (χ0v) is 19.5. The molecule has 4 aromatic carbocycles. The number of fused-ring (bicyclic) bond motifs is 1. The van der Waals surface area contributed by atoms with E-state index in [9.17, 15) is 4.79 Å². The van der Waals surface area contributed by atoms with Gasteiger partial charge < -0.3 is 14.8 Å². The van der Waals surface area contributed by atoms with Crippen LogP contribution in [0.4, 0.5) is 5.69 Å². The fourth-order valence-electron chi connectivity index (χ4n) is 3.42. The molecule has 4 aromatic rings. The van der Waals surface area contributed by atoms with E-state index in [1.807, 2.05) is 72.8 Å². The van der Waals surface area contributed by atoms with E-state index >= 15 is 0 Å². The molecule has 0 atom stereocenters. The van der Waals surface area contributed by atoms with Gasteiger partial charge in [0.15, 0.2) is 0 Å². The molecule has 162 valence electrons. The number of ether oxygens (including phenoxy) is 1. The van der Waals surface area contributed by atoms with Gasteiger partial charge in [0.2, 0.25) is 0 Å². The Morgan fingerprint density at radius 3 is 2.41 bits per heavy atom. The molecule has 0 aliphatic carbocycles. The first-order valence-corrected chi connectivity index (χ1v) is 11.4. The molecule has 7 heteroatoms. The third-order valence-electron chi connectivity index (χ3n) is 4.91. The summed E-state index contributed by atoms with van der Waals surface area (Å²) in [4.78, 5) is 13.9. The van der Waals surface area contributed by atoms with Crippen molar-refractivity contribution in [1.29, 1.82) is 0 Å². The van der Waals surface area contributed by atoms with Gasteiger partial charge in [-0.2, -0.15) is 0 Å². The summed E-state index contributed by atoms with van der Waals surface area (Å²) in [6, 6.07) is 24.5. The van der Waals surface area contributed by atoms with Gasteiger partial charge in [-0.15, -0.1) is 0 Å². The molecule has 0 bridgehead atoms. The topological polar surface area (TPSA) is 50.4 Å². The average Bonchev–Trinajstić information content (AvgIpc) is 2.80. The lowest BCUT2D eigenvalue weighted by molar-refractivity contribution is 0.0952. The smallest absolute Gasteiger partial charge is 0.252 e. The van der Waals surface area contributed by atoms with Gasteiger partial charge in [-0.05, 0) is 53.7 Å². The number of rotatable bonds is 7. The van der Waals surface area contributed by atoms with Crippen LogP contribution in [0.3, 0.4) is 0 Å². The second-order valence-electron chi connectivity index (χ2n) is 7.01. The Hall–Kier alpha value is -2.86. The predicted molar refractivity (Wildman–Crippen MR) is 134 cm³/mol. The first-order valence-electron chi connectivity index (χ1n) is 9.86. The van der Waals surface area contributed by atoms with Crippen LogP contribution in [-0.4, -0.2) is 13.0 Å². The van der Waals surface area contributed by atoms with Gasteiger partial charge in [-0.25, -0.2) is 0 Å². The third kappa shape index (κ3) is 5.13. The largest absolute Gasteiger partial charge is 0.496 e. The zero-order valence-electron chi connectivity index (χ0n) is 17.2. The maximum Gasteiger partial charge on any atom is 0.252 e.